The number of carbonyl (C=O) groups is 3. The number of hydrogen-bond acceptors (Lipinski definition) is 3. The maximum atomic E-state index is 12.1. The average molecular weight is 326 g/mol. The van der Waals surface area contributed by atoms with Crippen LogP contribution in [0.4, 0.5) is 0 Å². The van der Waals surface area contributed by atoms with Crippen molar-refractivity contribution in [1.29, 1.82) is 0 Å². The summed E-state index contributed by atoms with van der Waals surface area (Å²) in [6, 6.07) is 0.0515. The Labute approximate surface area is 138 Å². The Balaban J connectivity index is 2.28. The number of nitrogens with one attached hydrogen (secondary N) is 1. The molecular formula is C17H30N2O4. The summed E-state index contributed by atoms with van der Waals surface area (Å²) in [7, 11) is 0. The Hall–Kier alpha value is -1.59. The Bertz CT molecular complexity index is 397. The summed E-state index contributed by atoms with van der Waals surface area (Å²) in [5, 5.41) is 11.9. The minimum absolute atomic E-state index is 0.0402. The number of aliphatic carboxylic acids is 1. The number of carboxylic acid groups (broad SMARTS) is 1. The second kappa shape index (κ2) is 10.2. The van der Waals surface area contributed by atoms with Crippen molar-refractivity contribution in [3.63, 3.8) is 0 Å². The molecule has 0 aromatic rings. The zero-order valence-electron chi connectivity index (χ0n) is 14.3. The van der Waals surface area contributed by atoms with E-state index in [1.807, 2.05) is 18.7 Å². The van der Waals surface area contributed by atoms with Crippen LogP contribution in [0, 0.1) is 5.92 Å². The molecule has 0 aromatic heterocycles. The SMILES string of the molecule is CCCN(CCC)C(=O)CCC(=O)NC1CCC(C(=O)O)CC1. The lowest BCUT2D eigenvalue weighted by atomic mass is 9.86. The maximum Gasteiger partial charge on any atom is 0.306 e. The zero-order chi connectivity index (χ0) is 17.2. The molecule has 2 amide bonds. The fourth-order valence-electron chi connectivity index (χ4n) is 3.06. The third-order valence-corrected chi connectivity index (χ3v) is 4.35. The van der Waals surface area contributed by atoms with Gasteiger partial charge in [-0.05, 0) is 38.5 Å². The highest BCUT2D eigenvalue weighted by Crippen LogP contribution is 2.24. The monoisotopic (exact) mass is 326 g/mol. The minimum atomic E-state index is -0.743. The van der Waals surface area contributed by atoms with Crippen molar-refractivity contribution in [2.24, 2.45) is 5.92 Å². The summed E-state index contributed by atoms with van der Waals surface area (Å²) in [4.78, 5) is 36.8. The van der Waals surface area contributed by atoms with E-state index in [0.717, 1.165) is 25.9 Å². The van der Waals surface area contributed by atoms with Gasteiger partial charge in [0, 0.05) is 32.0 Å². The molecule has 0 spiro atoms. The first kappa shape index (κ1) is 19.5. The van der Waals surface area contributed by atoms with Gasteiger partial charge >= 0.3 is 5.97 Å². The van der Waals surface area contributed by atoms with E-state index in [4.69, 9.17) is 5.11 Å². The zero-order valence-corrected chi connectivity index (χ0v) is 14.3. The van der Waals surface area contributed by atoms with Crippen LogP contribution >= 0.6 is 0 Å². The van der Waals surface area contributed by atoms with Crippen LogP contribution in [0.2, 0.25) is 0 Å². The molecule has 0 atom stereocenters. The van der Waals surface area contributed by atoms with E-state index in [2.05, 4.69) is 5.32 Å². The van der Waals surface area contributed by atoms with Crippen molar-refractivity contribution in [2.45, 2.75) is 71.3 Å². The second-order valence-corrected chi connectivity index (χ2v) is 6.34. The molecule has 0 saturated heterocycles. The molecule has 0 bridgehead atoms. The third-order valence-electron chi connectivity index (χ3n) is 4.35. The van der Waals surface area contributed by atoms with Gasteiger partial charge in [-0.2, -0.15) is 0 Å². The van der Waals surface area contributed by atoms with Gasteiger partial charge in [0.1, 0.15) is 0 Å². The van der Waals surface area contributed by atoms with Gasteiger partial charge in [0.05, 0.1) is 5.92 Å². The summed E-state index contributed by atoms with van der Waals surface area (Å²) in [6.07, 6.45) is 4.93. The summed E-state index contributed by atoms with van der Waals surface area (Å²) < 4.78 is 0. The number of carbonyl (C=O) groups excluding carboxylic acids is 2. The van der Waals surface area contributed by atoms with Gasteiger partial charge < -0.3 is 15.3 Å². The summed E-state index contributed by atoms with van der Waals surface area (Å²) in [5.74, 6) is -1.09. The smallest absolute Gasteiger partial charge is 0.306 e. The van der Waals surface area contributed by atoms with Gasteiger partial charge in [-0.15, -0.1) is 0 Å². The van der Waals surface area contributed by atoms with E-state index in [1.54, 1.807) is 0 Å². The topological polar surface area (TPSA) is 86.7 Å². The normalized spacial score (nSPS) is 20.8. The highest BCUT2D eigenvalue weighted by molar-refractivity contribution is 5.84. The van der Waals surface area contributed by atoms with Crippen LogP contribution in [0.1, 0.15) is 65.2 Å². The van der Waals surface area contributed by atoms with E-state index in [-0.39, 0.29) is 36.6 Å². The van der Waals surface area contributed by atoms with Crippen LogP contribution < -0.4 is 5.32 Å². The van der Waals surface area contributed by atoms with Crippen LogP contribution in [-0.2, 0) is 14.4 Å². The van der Waals surface area contributed by atoms with Crippen LogP contribution in [0.15, 0.2) is 0 Å². The van der Waals surface area contributed by atoms with Gasteiger partial charge in [0.2, 0.25) is 11.8 Å². The number of amides is 2. The lowest BCUT2D eigenvalue weighted by molar-refractivity contribution is -0.143. The predicted molar refractivity (Wildman–Crippen MR) is 87.9 cm³/mol. The molecule has 0 heterocycles. The van der Waals surface area contributed by atoms with E-state index < -0.39 is 5.97 Å². The number of rotatable bonds is 9. The molecule has 2 N–H and O–H groups in total. The highest BCUT2D eigenvalue weighted by atomic mass is 16.4. The second-order valence-electron chi connectivity index (χ2n) is 6.34. The van der Waals surface area contributed by atoms with Crippen molar-refractivity contribution in [2.75, 3.05) is 13.1 Å². The van der Waals surface area contributed by atoms with E-state index in [0.29, 0.717) is 25.7 Å². The van der Waals surface area contributed by atoms with Crippen molar-refractivity contribution >= 4 is 17.8 Å². The molecule has 0 radical (unpaired) electrons. The van der Waals surface area contributed by atoms with Crippen LogP contribution in [-0.4, -0.2) is 46.9 Å². The maximum absolute atomic E-state index is 12.1. The highest BCUT2D eigenvalue weighted by Gasteiger charge is 2.26. The Morgan fingerprint density at radius 2 is 1.57 bits per heavy atom. The van der Waals surface area contributed by atoms with E-state index >= 15 is 0 Å². The fourth-order valence-corrected chi connectivity index (χ4v) is 3.06. The molecule has 6 heteroatoms. The minimum Gasteiger partial charge on any atom is -0.481 e. The van der Waals surface area contributed by atoms with Gasteiger partial charge in [0.15, 0.2) is 0 Å². The summed E-state index contributed by atoms with van der Waals surface area (Å²) >= 11 is 0. The van der Waals surface area contributed by atoms with Crippen molar-refractivity contribution in [3.05, 3.63) is 0 Å². The summed E-state index contributed by atoms with van der Waals surface area (Å²) in [5.41, 5.74) is 0. The lowest BCUT2D eigenvalue weighted by Crippen LogP contribution is -2.39. The van der Waals surface area contributed by atoms with Crippen LogP contribution in [0.3, 0.4) is 0 Å². The molecule has 23 heavy (non-hydrogen) atoms. The lowest BCUT2D eigenvalue weighted by Gasteiger charge is -2.27. The Morgan fingerprint density at radius 3 is 2.04 bits per heavy atom. The van der Waals surface area contributed by atoms with E-state index in [9.17, 15) is 14.4 Å². The van der Waals surface area contributed by atoms with Gasteiger partial charge in [0.25, 0.3) is 0 Å². The molecule has 0 aromatic carbocycles. The molecule has 1 fully saturated rings. The molecule has 1 aliphatic rings. The third kappa shape index (κ3) is 7.01. The van der Waals surface area contributed by atoms with Gasteiger partial charge in [-0.3, -0.25) is 14.4 Å². The number of hydrogen-bond donors (Lipinski definition) is 2. The van der Waals surface area contributed by atoms with Gasteiger partial charge in [-0.25, -0.2) is 0 Å². The number of nitrogens with zero attached hydrogens (tertiary/aromatic N) is 1. The molecule has 1 rings (SSSR count). The van der Waals surface area contributed by atoms with E-state index in [1.165, 1.54) is 0 Å². The van der Waals surface area contributed by atoms with Gasteiger partial charge in [-0.1, -0.05) is 13.8 Å². The van der Waals surface area contributed by atoms with Crippen LogP contribution in [0.25, 0.3) is 0 Å². The number of carboxylic acids is 1. The van der Waals surface area contributed by atoms with Crippen molar-refractivity contribution < 1.29 is 19.5 Å². The molecular weight excluding hydrogens is 296 g/mol. The Morgan fingerprint density at radius 1 is 1.00 bits per heavy atom. The summed E-state index contributed by atoms with van der Waals surface area (Å²) in [6.45, 7) is 5.56. The largest absolute Gasteiger partial charge is 0.481 e. The first-order valence-corrected chi connectivity index (χ1v) is 8.77. The molecule has 1 aliphatic carbocycles. The first-order chi connectivity index (χ1) is 11.0. The van der Waals surface area contributed by atoms with Crippen LogP contribution in [0.5, 0.6) is 0 Å². The predicted octanol–water partition coefficient (Wildman–Crippen LogP) is 2.17. The molecule has 132 valence electrons. The van der Waals surface area contributed by atoms with Crippen molar-refractivity contribution in [1.82, 2.24) is 10.2 Å². The molecule has 1 saturated carbocycles. The Kier molecular flexibility index (Phi) is 8.66. The molecule has 6 nitrogen and oxygen atoms in total. The quantitative estimate of drug-likeness (QED) is 0.680. The molecule has 0 aliphatic heterocycles. The van der Waals surface area contributed by atoms with Crippen molar-refractivity contribution in [3.8, 4) is 0 Å². The first-order valence-electron chi connectivity index (χ1n) is 8.77. The molecule has 0 unspecified atom stereocenters. The standard InChI is InChI=1S/C17H30N2O4/c1-3-11-19(12-4-2)16(21)10-9-15(20)18-14-7-5-13(6-8-14)17(22)23/h13-14H,3-12H2,1-2H3,(H,18,20)(H,22,23). The fraction of sp³-hybridized carbons (Fsp3) is 0.824. The average Bonchev–Trinajstić information content (AvgIpc) is 2.53.